The number of aliphatic hydroxyl groups is 1. The van der Waals surface area contributed by atoms with Crippen molar-refractivity contribution in [1.29, 1.82) is 0 Å². The molecule has 8 unspecified atom stereocenters. The number of hydrogen-bond donors (Lipinski definition) is 1. The van der Waals surface area contributed by atoms with Crippen molar-refractivity contribution in [2.75, 3.05) is 13.3 Å². The van der Waals surface area contributed by atoms with Gasteiger partial charge in [0.25, 0.3) is 0 Å². The molecule has 4 nitrogen and oxygen atoms in total. The molecule has 148 valence electrons. The van der Waals surface area contributed by atoms with E-state index in [0.717, 1.165) is 25.7 Å². The third-order valence-corrected chi connectivity index (χ3v) is 8.67. The first-order valence-electron chi connectivity index (χ1n) is 10.2. The number of rotatable bonds is 4. The van der Waals surface area contributed by atoms with Crippen molar-refractivity contribution >= 4 is 20.4 Å². The standard InChI is InChI=1S/C22H31O4P/c1-21-9-8-14(23)10-13(21)4-5-15-16-6-7-17(19(25)12-26-27-3)22(16,2)11-18(24)20(15)21/h8-10,15-18,20,24,27H,4-7,11-12H2,1-3H3. The summed E-state index contributed by atoms with van der Waals surface area (Å²) in [5.74, 6) is 1.30. The molecule has 0 aromatic heterocycles. The van der Waals surface area contributed by atoms with Gasteiger partial charge in [-0.25, -0.2) is 0 Å². The van der Waals surface area contributed by atoms with Crippen LogP contribution in [0.5, 0.6) is 0 Å². The van der Waals surface area contributed by atoms with Crippen molar-refractivity contribution in [1.82, 2.24) is 0 Å². The molecule has 4 aliphatic carbocycles. The van der Waals surface area contributed by atoms with Gasteiger partial charge >= 0.3 is 0 Å². The Hall–Kier alpha value is -0.830. The van der Waals surface area contributed by atoms with E-state index in [-0.39, 0.29) is 40.8 Å². The SMILES string of the molecule is CPOCC(=O)C1CCC2C3CCC4=CC(=O)C=CC4(C)C3C(O)CC12C. The van der Waals surface area contributed by atoms with E-state index in [4.69, 9.17) is 4.52 Å². The molecule has 0 aliphatic heterocycles. The Morgan fingerprint density at radius 1 is 1.33 bits per heavy atom. The molecule has 3 saturated carbocycles. The highest BCUT2D eigenvalue weighted by atomic mass is 31.1. The second-order valence-electron chi connectivity index (χ2n) is 9.39. The zero-order valence-corrected chi connectivity index (χ0v) is 17.5. The Labute approximate surface area is 163 Å². The molecule has 3 fully saturated rings. The molecule has 1 N–H and O–H groups in total. The van der Waals surface area contributed by atoms with Crippen LogP contribution in [0.25, 0.3) is 0 Å². The molecule has 0 aromatic rings. The quantitative estimate of drug-likeness (QED) is 0.744. The fraction of sp³-hybridized carbons (Fsp3) is 0.727. The van der Waals surface area contributed by atoms with Crippen LogP contribution >= 0.6 is 8.81 Å². The molecule has 0 heterocycles. The minimum atomic E-state index is -0.440. The van der Waals surface area contributed by atoms with Crippen LogP contribution in [0.3, 0.4) is 0 Å². The van der Waals surface area contributed by atoms with Crippen molar-refractivity contribution in [3.63, 3.8) is 0 Å². The summed E-state index contributed by atoms with van der Waals surface area (Å²) in [7, 11) is 0.335. The Bertz CT molecular complexity index is 713. The van der Waals surface area contributed by atoms with Gasteiger partial charge in [0.05, 0.1) is 6.10 Å². The van der Waals surface area contributed by atoms with Crippen LogP contribution in [0.1, 0.15) is 46.0 Å². The average Bonchev–Trinajstić information content (AvgIpc) is 2.96. The number of fused-ring (bicyclic) bond motifs is 5. The number of aliphatic hydroxyl groups excluding tert-OH is 1. The van der Waals surface area contributed by atoms with Crippen LogP contribution in [0.2, 0.25) is 0 Å². The van der Waals surface area contributed by atoms with Gasteiger partial charge in [-0.15, -0.1) is 0 Å². The lowest BCUT2D eigenvalue weighted by Gasteiger charge is -2.58. The molecule has 8 atom stereocenters. The zero-order valence-electron chi connectivity index (χ0n) is 16.5. The van der Waals surface area contributed by atoms with Crippen molar-refractivity contribution in [2.45, 2.75) is 52.1 Å². The van der Waals surface area contributed by atoms with E-state index in [9.17, 15) is 14.7 Å². The molecule has 4 rings (SSSR count). The zero-order chi connectivity index (χ0) is 19.4. The van der Waals surface area contributed by atoms with E-state index >= 15 is 0 Å². The lowest BCUT2D eigenvalue weighted by atomic mass is 9.46. The fourth-order valence-corrected chi connectivity index (χ4v) is 7.38. The van der Waals surface area contributed by atoms with Crippen molar-refractivity contribution in [3.05, 3.63) is 23.8 Å². The smallest absolute Gasteiger partial charge is 0.178 e. The molecule has 5 heteroatoms. The molecule has 0 radical (unpaired) electrons. The van der Waals surface area contributed by atoms with Crippen molar-refractivity contribution in [2.24, 2.45) is 34.5 Å². The molecule has 0 amide bonds. The second-order valence-corrected chi connectivity index (χ2v) is 10.1. The normalized spacial score (nSPS) is 46.1. The lowest BCUT2D eigenvalue weighted by molar-refractivity contribution is -0.140. The average molecular weight is 390 g/mol. The number of carbonyl (C=O) groups excluding carboxylic acids is 2. The van der Waals surface area contributed by atoms with Crippen LogP contribution < -0.4 is 0 Å². The van der Waals surface area contributed by atoms with Gasteiger partial charge < -0.3 is 9.63 Å². The van der Waals surface area contributed by atoms with Crippen LogP contribution in [0.15, 0.2) is 23.8 Å². The van der Waals surface area contributed by atoms with Crippen LogP contribution in [-0.2, 0) is 14.1 Å². The van der Waals surface area contributed by atoms with Gasteiger partial charge in [0, 0.05) is 26.1 Å². The topological polar surface area (TPSA) is 63.6 Å². The molecule has 0 aromatic carbocycles. The molecule has 27 heavy (non-hydrogen) atoms. The van der Waals surface area contributed by atoms with Gasteiger partial charge in [0.2, 0.25) is 0 Å². The van der Waals surface area contributed by atoms with Gasteiger partial charge in [0.1, 0.15) is 6.61 Å². The molecular formula is C22H31O4P. The van der Waals surface area contributed by atoms with Crippen molar-refractivity contribution < 1.29 is 19.2 Å². The second kappa shape index (κ2) is 6.90. The van der Waals surface area contributed by atoms with Gasteiger partial charge in [0.15, 0.2) is 11.6 Å². The molecule has 0 saturated heterocycles. The van der Waals surface area contributed by atoms with E-state index in [1.165, 1.54) is 5.57 Å². The maximum Gasteiger partial charge on any atom is 0.178 e. The minimum absolute atomic E-state index is 0.00247. The fourth-order valence-electron chi connectivity index (χ4n) is 7.10. The third kappa shape index (κ3) is 2.91. The Kier molecular flexibility index (Phi) is 4.98. The predicted molar refractivity (Wildman–Crippen MR) is 107 cm³/mol. The minimum Gasteiger partial charge on any atom is -0.393 e. The summed E-state index contributed by atoms with van der Waals surface area (Å²) in [6, 6.07) is 0. The van der Waals surface area contributed by atoms with E-state index < -0.39 is 6.10 Å². The number of ketones is 2. The molecule has 0 bridgehead atoms. The highest BCUT2D eigenvalue weighted by Gasteiger charge is 2.62. The summed E-state index contributed by atoms with van der Waals surface area (Å²) in [5, 5.41) is 11.3. The summed E-state index contributed by atoms with van der Waals surface area (Å²) in [4.78, 5) is 24.7. The maximum absolute atomic E-state index is 12.8. The maximum atomic E-state index is 12.8. The van der Waals surface area contributed by atoms with E-state index in [1.54, 1.807) is 12.2 Å². The third-order valence-electron chi connectivity index (χ3n) is 8.24. The van der Waals surface area contributed by atoms with Crippen LogP contribution in [0.4, 0.5) is 0 Å². The lowest BCUT2D eigenvalue weighted by Crippen LogP contribution is -2.56. The molecule has 0 spiro atoms. The highest BCUT2D eigenvalue weighted by Crippen LogP contribution is 2.66. The molecule has 4 aliphatic rings. The number of hydrogen-bond acceptors (Lipinski definition) is 4. The Balaban J connectivity index is 1.64. The van der Waals surface area contributed by atoms with Gasteiger partial charge in [-0.05, 0) is 68.2 Å². The largest absolute Gasteiger partial charge is 0.393 e. The monoisotopic (exact) mass is 390 g/mol. The summed E-state index contributed by atoms with van der Waals surface area (Å²) < 4.78 is 5.43. The van der Waals surface area contributed by atoms with Crippen LogP contribution in [-0.4, -0.2) is 36.0 Å². The Morgan fingerprint density at radius 2 is 2.11 bits per heavy atom. The summed E-state index contributed by atoms with van der Waals surface area (Å²) in [5.41, 5.74) is 0.817. The first kappa shape index (κ1) is 19.5. The van der Waals surface area contributed by atoms with Crippen LogP contribution in [0, 0.1) is 34.5 Å². The first-order chi connectivity index (χ1) is 12.8. The highest BCUT2D eigenvalue weighted by molar-refractivity contribution is 7.31. The van der Waals surface area contributed by atoms with E-state index in [2.05, 4.69) is 13.8 Å². The summed E-state index contributed by atoms with van der Waals surface area (Å²) >= 11 is 0. The van der Waals surface area contributed by atoms with Gasteiger partial charge in [-0.2, -0.15) is 0 Å². The number of allylic oxidation sites excluding steroid dienone is 4. The predicted octanol–water partition coefficient (Wildman–Crippen LogP) is 3.69. The summed E-state index contributed by atoms with van der Waals surface area (Å²) in [6.07, 6.45) is 9.66. The summed E-state index contributed by atoms with van der Waals surface area (Å²) in [6.45, 7) is 6.58. The Morgan fingerprint density at radius 3 is 2.85 bits per heavy atom. The van der Waals surface area contributed by atoms with E-state index in [1.807, 2.05) is 12.7 Å². The number of Topliss-reactive ketones (excluding diaryl/α,β-unsaturated/α-hetero) is 1. The first-order valence-corrected chi connectivity index (χ1v) is 11.7. The molecular weight excluding hydrogens is 359 g/mol. The van der Waals surface area contributed by atoms with Gasteiger partial charge in [-0.1, -0.05) is 25.5 Å². The van der Waals surface area contributed by atoms with E-state index in [0.29, 0.717) is 27.1 Å². The number of carbonyl (C=O) groups is 2. The van der Waals surface area contributed by atoms with Gasteiger partial charge in [-0.3, -0.25) is 9.59 Å². The van der Waals surface area contributed by atoms with Crippen molar-refractivity contribution in [3.8, 4) is 0 Å².